The van der Waals surface area contributed by atoms with Crippen molar-refractivity contribution >= 4 is 11.8 Å². The zero-order chi connectivity index (χ0) is 20.6. The number of benzene rings is 1. The summed E-state index contributed by atoms with van der Waals surface area (Å²) in [4.78, 5) is 28.6. The van der Waals surface area contributed by atoms with Crippen molar-refractivity contribution in [2.75, 3.05) is 13.7 Å². The number of aromatic nitrogens is 1. The molecule has 0 aliphatic heterocycles. The predicted octanol–water partition coefficient (Wildman–Crippen LogP) is 3.50. The summed E-state index contributed by atoms with van der Waals surface area (Å²) in [6.07, 6.45) is 5.81. The molecule has 6 nitrogen and oxygen atoms in total. The van der Waals surface area contributed by atoms with Crippen molar-refractivity contribution in [1.29, 1.82) is 0 Å². The maximum absolute atomic E-state index is 12.9. The maximum Gasteiger partial charge on any atom is 0.251 e. The largest absolute Gasteiger partial charge is 0.497 e. The molecule has 1 fully saturated rings. The van der Waals surface area contributed by atoms with Crippen molar-refractivity contribution in [2.24, 2.45) is 11.8 Å². The SMILES string of the molecule is COc1cccc(C(=O)N[C@@H](c2ccccn2)C2CCC(CNC(C)=O)CC2)c1. The lowest BCUT2D eigenvalue weighted by Crippen LogP contribution is -2.37. The molecule has 0 bridgehead atoms. The van der Waals surface area contributed by atoms with E-state index in [1.54, 1.807) is 32.4 Å². The number of amides is 2. The standard InChI is InChI=1S/C23H29N3O3/c1-16(27)25-15-17-9-11-18(12-10-17)22(21-8-3-4-13-24-21)26-23(28)19-6-5-7-20(14-19)29-2/h3-8,13-14,17-18,22H,9-12,15H2,1-2H3,(H,25,27)(H,26,28)/t17?,18?,22-/m1/s1. The Morgan fingerprint density at radius 1 is 1.14 bits per heavy atom. The lowest BCUT2D eigenvalue weighted by molar-refractivity contribution is -0.119. The fraction of sp³-hybridized carbons (Fsp3) is 0.435. The molecular formula is C23H29N3O3. The molecule has 1 heterocycles. The van der Waals surface area contributed by atoms with Gasteiger partial charge in [-0.3, -0.25) is 14.6 Å². The highest BCUT2D eigenvalue weighted by Crippen LogP contribution is 2.36. The van der Waals surface area contributed by atoms with Crippen LogP contribution in [0.4, 0.5) is 0 Å². The monoisotopic (exact) mass is 395 g/mol. The smallest absolute Gasteiger partial charge is 0.251 e. The summed E-state index contributed by atoms with van der Waals surface area (Å²) in [6, 6.07) is 12.8. The van der Waals surface area contributed by atoms with Crippen LogP contribution in [0.1, 0.15) is 54.7 Å². The summed E-state index contributed by atoms with van der Waals surface area (Å²) in [5.74, 6) is 1.36. The van der Waals surface area contributed by atoms with Gasteiger partial charge in [0.15, 0.2) is 0 Å². The molecule has 29 heavy (non-hydrogen) atoms. The van der Waals surface area contributed by atoms with Crippen molar-refractivity contribution in [3.05, 3.63) is 59.9 Å². The third-order valence-electron chi connectivity index (χ3n) is 5.63. The molecule has 0 spiro atoms. The topological polar surface area (TPSA) is 80.3 Å². The Bertz CT molecular complexity index is 817. The summed E-state index contributed by atoms with van der Waals surface area (Å²) in [5, 5.41) is 6.13. The molecule has 1 aromatic heterocycles. The van der Waals surface area contributed by atoms with E-state index in [2.05, 4.69) is 15.6 Å². The van der Waals surface area contributed by atoms with Crippen LogP contribution in [0.25, 0.3) is 0 Å². The van der Waals surface area contributed by atoms with E-state index in [0.717, 1.165) is 37.9 Å². The number of carbonyl (C=O) groups is 2. The number of carbonyl (C=O) groups excluding carboxylic acids is 2. The highest BCUT2D eigenvalue weighted by molar-refractivity contribution is 5.94. The normalized spacial score (nSPS) is 19.8. The van der Waals surface area contributed by atoms with E-state index in [1.165, 1.54) is 0 Å². The van der Waals surface area contributed by atoms with Gasteiger partial charge in [0.25, 0.3) is 5.91 Å². The number of hydrogen-bond donors (Lipinski definition) is 2. The Labute approximate surface area is 172 Å². The maximum atomic E-state index is 12.9. The number of rotatable bonds is 7. The van der Waals surface area contributed by atoms with Gasteiger partial charge in [-0.2, -0.15) is 0 Å². The van der Waals surface area contributed by atoms with Gasteiger partial charge in [-0.1, -0.05) is 12.1 Å². The molecule has 1 atom stereocenters. The Morgan fingerprint density at radius 3 is 2.59 bits per heavy atom. The minimum atomic E-state index is -0.142. The van der Waals surface area contributed by atoms with Crippen molar-refractivity contribution in [2.45, 2.75) is 38.6 Å². The minimum absolute atomic E-state index is 0.0176. The van der Waals surface area contributed by atoms with Crippen molar-refractivity contribution in [3.8, 4) is 5.75 Å². The van der Waals surface area contributed by atoms with Crippen LogP contribution in [0.5, 0.6) is 5.75 Å². The minimum Gasteiger partial charge on any atom is -0.497 e. The van der Waals surface area contributed by atoms with E-state index < -0.39 is 0 Å². The van der Waals surface area contributed by atoms with E-state index >= 15 is 0 Å². The van der Waals surface area contributed by atoms with E-state index in [1.807, 2.05) is 30.3 Å². The first kappa shape index (κ1) is 20.8. The second kappa shape index (κ2) is 10.0. The molecular weight excluding hydrogens is 366 g/mol. The van der Waals surface area contributed by atoms with E-state index in [-0.39, 0.29) is 17.9 Å². The Morgan fingerprint density at radius 2 is 1.93 bits per heavy atom. The van der Waals surface area contributed by atoms with Gasteiger partial charge >= 0.3 is 0 Å². The number of ether oxygens (including phenoxy) is 1. The molecule has 1 aliphatic carbocycles. The van der Waals surface area contributed by atoms with Gasteiger partial charge in [0.05, 0.1) is 18.8 Å². The fourth-order valence-corrected chi connectivity index (χ4v) is 4.00. The molecule has 2 aromatic rings. The van der Waals surface area contributed by atoms with E-state index in [4.69, 9.17) is 4.74 Å². The zero-order valence-corrected chi connectivity index (χ0v) is 17.1. The van der Waals surface area contributed by atoms with E-state index in [0.29, 0.717) is 23.1 Å². The van der Waals surface area contributed by atoms with Crippen LogP contribution in [0, 0.1) is 11.8 Å². The molecule has 1 aromatic carbocycles. The molecule has 0 unspecified atom stereocenters. The first-order chi connectivity index (χ1) is 14.1. The van der Waals surface area contributed by atoms with Gasteiger partial charge in [-0.15, -0.1) is 0 Å². The van der Waals surface area contributed by atoms with Crippen molar-refractivity contribution < 1.29 is 14.3 Å². The fourth-order valence-electron chi connectivity index (χ4n) is 4.00. The summed E-state index contributed by atoms with van der Waals surface area (Å²) in [6.45, 7) is 2.28. The number of hydrogen-bond acceptors (Lipinski definition) is 4. The lowest BCUT2D eigenvalue weighted by Gasteiger charge is -2.34. The van der Waals surface area contributed by atoms with Gasteiger partial charge in [0, 0.05) is 25.2 Å². The highest BCUT2D eigenvalue weighted by atomic mass is 16.5. The molecule has 154 valence electrons. The molecule has 3 rings (SSSR count). The van der Waals surface area contributed by atoms with Gasteiger partial charge in [0.1, 0.15) is 5.75 Å². The Balaban J connectivity index is 1.71. The van der Waals surface area contributed by atoms with Crippen LogP contribution >= 0.6 is 0 Å². The van der Waals surface area contributed by atoms with Crippen LogP contribution in [0.3, 0.4) is 0 Å². The zero-order valence-electron chi connectivity index (χ0n) is 17.1. The molecule has 6 heteroatoms. The van der Waals surface area contributed by atoms with Crippen LogP contribution in [-0.2, 0) is 4.79 Å². The highest BCUT2D eigenvalue weighted by Gasteiger charge is 2.30. The summed E-state index contributed by atoms with van der Waals surface area (Å²) in [7, 11) is 1.59. The summed E-state index contributed by atoms with van der Waals surface area (Å²) in [5.41, 5.74) is 1.46. The first-order valence-electron chi connectivity index (χ1n) is 10.2. The first-order valence-corrected chi connectivity index (χ1v) is 10.2. The third kappa shape index (κ3) is 5.79. The third-order valence-corrected chi connectivity index (χ3v) is 5.63. The second-order valence-electron chi connectivity index (χ2n) is 7.66. The van der Waals surface area contributed by atoms with E-state index in [9.17, 15) is 9.59 Å². The van der Waals surface area contributed by atoms with Gasteiger partial charge in [-0.05, 0) is 67.9 Å². The van der Waals surface area contributed by atoms with Crippen LogP contribution < -0.4 is 15.4 Å². The number of pyridine rings is 1. The van der Waals surface area contributed by atoms with Crippen LogP contribution in [0.2, 0.25) is 0 Å². The number of nitrogens with one attached hydrogen (secondary N) is 2. The average Bonchev–Trinajstić information content (AvgIpc) is 2.77. The molecule has 1 aliphatic rings. The molecule has 0 saturated heterocycles. The van der Waals surface area contributed by atoms with Gasteiger partial charge in [-0.25, -0.2) is 0 Å². The van der Waals surface area contributed by atoms with Crippen LogP contribution in [-0.4, -0.2) is 30.5 Å². The number of nitrogens with zero attached hydrogens (tertiary/aromatic N) is 1. The van der Waals surface area contributed by atoms with Crippen LogP contribution in [0.15, 0.2) is 48.7 Å². The quantitative estimate of drug-likeness (QED) is 0.752. The summed E-state index contributed by atoms with van der Waals surface area (Å²) < 4.78 is 5.24. The predicted molar refractivity (Wildman–Crippen MR) is 112 cm³/mol. The molecule has 1 saturated carbocycles. The Kier molecular flexibility index (Phi) is 7.22. The van der Waals surface area contributed by atoms with Gasteiger partial charge in [0.2, 0.25) is 5.91 Å². The lowest BCUT2D eigenvalue weighted by atomic mass is 9.77. The second-order valence-corrected chi connectivity index (χ2v) is 7.66. The summed E-state index contributed by atoms with van der Waals surface area (Å²) >= 11 is 0. The Hall–Kier alpha value is -2.89. The number of methoxy groups -OCH3 is 1. The van der Waals surface area contributed by atoms with Gasteiger partial charge < -0.3 is 15.4 Å². The van der Waals surface area contributed by atoms with Crippen molar-refractivity contribution in [1.82, 2.24) is 15.6 Å². The molecule has 0 radical (unpaired) electrons. The van der Waals surface area contributed by atoms with Crippen molar-refractivity contribution in [3.63, 3.8) is 0 Å². The molecule has 2 N–H and O–H groups in total. The molecule has 2 amide bonds. The average molecular weight is 396 g/mol.